The van der Waals surface area contributed by atoms with E-state index in [4.69, 9.17) is 0 Å². The van der Waals surface area contributed by atoms with Crippen molar-refractivity contribution < 1.29 is 12.8 Å². The van der Waals surface area contributed by atoms with Gasteiger partial charge in [0.2, 0.25) is 10.0 Å². The first-order chi connectivity index (χ1) is 12.5. The first kappa shape index (κ1) is 20.3. The number of rotatable bonds is 9. The molecular formula is C17H23FN4O2S2. The first-order valence-electron chi connectivity index (χ1n) is 8.31. The van der Waals surface area contributed by atoms with Crippen LogP contribution in [0.3, 0.4) is 0 Å². The van der Waals surface area contributed by atoms with Crippen molar-refractivity contribution in [3.05, 3.63) is 53.2 Å². The maximum atomic E-state index is 13.2. The van der Waals surface area contributed by atoms with E-state index >= 15 is 0 Å². The molecule has 2 aromatic rings. The summed E-state index contributed by atoms with van der Waals surface area (Å²) in [4.78, 5) is 4.34. The van der Waals surface area contributed by atoms with Crippen molar-refractivity contribution in [2.75, 3.05) is 26.2 Å². The fraction of sp³-hybridized carbons (Fsp3) is 0.353. The summed E-state index contributed by atoms with van der Waals surface area (Å²) in [6.45, 7) is 3.74. The van der Waals surface area contributed by atoms with Crippen LogP contribution in [0, 0.1) is 5.82 Å². The molecule has 2 rings (SSSR count). The number of sulfonamides is 1. The van der Waals surface area contributed by atoms with Gasteiger partial charge < -0.3 is 10.6 Å². The SMILES string of the molecule is CCNC(=NCCNS(=O)(=O)c1cccs1)NCCc1cccc(F)c1. The van der Waals surface area contributed by atoms with E-state index in [2.05, 4.69) is 20.3 Å². The fourth-order valence-electron chi connectivity index (χ4n) is 2.19. The van der Waals surface area contributed by atoms with Crippen molar-refractivity contribution in [3.8, 4) is 0 Å². The molecule has 0 fully saturated rings. The normalized spacial score (nSPS) is 12.2. The third-order valence-electron chi connectivity index (χ3n) is 3.37. The van der Waals surface area contributed by atoms with E-state index in [9.17, 15) is 12.8 Å². The van der Waals surface area contributed by atoms with E-state index in [1.165, 1.54) is 23.5 Å². The molecule has 0 amide bonds. The standard InChI is InChI=1S/C17H23FN4O2S2/c1-2-19-17(20-9-8-14-5-3-6-15(18)13-14)21-10-11-22-26(23,24)16-7-4-12-25-16/h3-7,12-13,22H,2,8-11H2,1H3,(H2,19,20,21). The van der Waals surface area contributed by atoms with Gasteiger partial charge in [-0.15, -0.1) is 11.3 Å². The van der Waals surface area contributed by atoms with E-state index < -0.39 is 10.0 Å². The van der Waals surface area contributed by atoms with Gasteiger partial charge in [-0.3, -0.25) is 4.99 Å². The monoisotopic (exact) mass is 398 g/mol. The minimum Gasteiger partial charge on any atom is -0.357 e. The molecule has 0 saturated carbocycles. The summed E-state index contributed by atoms with van der Waals surface area (Å²) in [6.07, 6.45) is 0.660. The maximum absolute atomic E-state index is 13.2. The Balaban J connectivity index is 1.78. The van der Waals surface area contributed by atoms with Crippen LogP contribution in [0.5, 0.6) is 0 Å². The third-order valence-corrected chi connectivity index (χ3v) is 6.23. The topological polar surface area (TPSA) is 82.6 Å². The molecule has 6 nitrogen and oxygen atoms in total. The minimum absolute atomic E-state index is 0.209. The zero-order valence-corrected chi connectivity index (χ0v) is 16.2. The first-order valence-corrected chi connectivity index (χ1v) is 10.7. The summed E-state index contributed by atoms with van der Waals surface area (Å²) < 4.78 is 40.0. The zero-order chi connectivity index (χ0) is 18.8. The highest BCUT2D eigenvalue weighted by Crippen LogP contribution is 2.14. The summed E-state index contributed by atoms with van der Waals surface area (Å²) in [5.74, 6) is 0.348. The van der Waals surface area contributed by atoms with E-state index in [0.717, 1.165) is 5.56 Å². The molecule has 9 heteroatoms. The Kier molecular flexibility index (Phi) is 8.02. The van der Waals surface area contributed by atoms with Crippen LogP contribution in [-0.2, 0) is 16.4 Å². The molecule has 0 aliphatic carbocycles. The second-order valence-corrected chi connectivity index (χ2v) is 8.34. The average Bonchev–Trinajstić information content (AvgIpc) is 3.14. The summed E-state index contributed by atoms with van der Waals surface area (Å²) in [6, 6.07) is 9.74. The van der Waals surface area contributed by atoms with Gasteiger partial charge in [-0.1, -0.05) is 18.2 Å². The number of benzene rings is 1. The molecule has 0 aliphatic heterocycles. The van der Waals surface area contributed by atoms with Gasteiger partial charge in [0.25, 0.3) is 0 Å². The van der Waals surface area contributed by atoms with Crippen LogP contribution in [0.15, 0.2) is 51.0 Å². The van der Waals surface area contributed by atoms with Crippen LogP contribution in [0.4, 0.5) is 4.39 Å². The number of halogens is 1. The summed E-state index contributed by atoms with van der Waals surface area (Å²) in [5.41, 5.74) is 0.900. The van der Waals surface area contributed by atoms with Crippen molar-refractivity contribution in [1.82, 2.24) is 15.4 Å². The summed E-state index contributed by atoms with van der Waals surface area (Å²) in [5, 5.41) is 7.97. The van der Waals surface area contributed by atoms with Crippen molar-refractivity contribution in [3.63, 3.8) is 0 Å². The van der Waals surface area contributed by atoms with Crippen LogP contribution in [-0.4, -0.2) is 40.6 Å². The molecule has 0 bridgehead atoms. The molecule has 0 saturated heterocycles. The number of thiophene rings is 1. The highest BCUT2D eigenvalue weighted by Gasteiger charge is 2.13. The van der Waals surface area contributed by atoms with Crippen molar-refractivity contribution in [1.29, 1.82) is 0 Å². The largest absolute Gasteiger partial charge is 0.357 e. The summed E-state index contributed by atoms with van der Waals surface area (Å²) in [7, 11) is -3.46. The van der Waals surface area contributed by atoms with Crippen LogP contribution in [0.2, 0.25) is 0 Å². The molecule has 1 aromatic carbocycles. The Bertz CT molecular complexity index is 808. The van der Waals surface area contributed by atoms with Crippen molar-refractivity contribution in [2.24, 2.45) is 4.99 Å². The van der Waals surface area contributed by atoms with Gasteiger partial charge in [0.1, 0.15) is 10.0 Å². The Labute approximate surface area is 157 Å². The van der Waals surface area contributed by atoms with Crippen molar-refractivity contribution in [2.45, 2.75) is 17.6 Å². The second kappa shape index (κ2) is 10.2. The Morgan fingerprint density at radius 3 is 2.73 bits per heavy atom. The smallest absolute Gasteiger partial charge is 0.250 e. The van der Waals surface area contributed by atoms with Crippen LogP contribution in [0.1, 0.15) is 12.5 Å². The molecule has 3 N–H and O–H groups in total. The predicted molar refractivity (Wildman–Crippen MR) is 104 cm³/mol. The molecule has 142 valence electrons. The molecule has 0 aliphatic rings. The van der Waals surface area contributed by atoms with E-state index in [1.54, 1.807) is 23.6 Å². The number of guanidine groups is 1. The molecule has 0 atom stereocenters. The fourth-order valence-corrected chi connectivity index (χ4v) is 4.25. The number of hydrogen-bond acceptors (Lipinski definition) is 4. The predicted octanol–water partition coefficient (Wildman–Crippen LogP) is 1.96. The van der Waals surface area contributed by atoms with E-state index in [-0.39, 0.29) is 12.4 Å². The minimum atomic E-state index is -3.46. The third kappa shape index (κ3) is 6.74. The molecular weight excluding hydrogens is 375 g/mol. The van der Waals surface area contributed by atoms with Gasteiger partial charge in [-0.05, 0) is 42.5 Å². The summed E-state index contributed by atoms with van der Waals surface area (Å²) >= 11 is 1.17. The zero-order valence-electron chi connectivity index (χ0n) is 14.5. The lowest BCUT2D eigenvalue weighted by molar-refractivity contribution is 0.584. The van der Waals surface area contributed by atoms with Crippen molar-refractivity contribution >= 4 is 27.3 Å². The highest BCUT2D eigenvalue weighted by molar-refractivity contribution is 7.91. The van der Waals surface area contributed by atoms with Gasteiger partial charge in [0, 0.05) is 19.6 Å². The number of aliphatic imine (C=N–C) groups is 1. The molecule has 0 unspecified atom stereocenters. The van der Waals surface area contributed by atoms with Gasteiger partial charge in [0.05, 0.1) is 6.54 Å². The lowest BCUT2D eigenvalue weighted by atomic mass is 10.1. The molecule has 26 heavy (non-hydrogen) atoms. The maximum Gasteiger partial charge on any atom is 0.250 e. The Morgan fingerprint density at radius 1 is 1.19 bits per heavy atom. The molecule has 1 heterocycles. The van der Waals surface area contributed by atoms with E-state index in [0.29, 0.717) is 36.2 Å². The lowest BCUT2D eigenvalue weighted by Gasteiger charge is -2.11. The quantitative estimate of drug-likeness (QED) is 0.343. The number of nitrogens with zero attached hydrogens (tertiary/aromatic N) is 1. The van der Waals surface area contributed by atoms with Gasteiger partial charge in [-0.2, -0.15) is 0 Å². The Morgan fingerprint density at radius 2 is 2.04 bits per heavy atom. The van der Waals surface area contributed by atoms with Gasteiger partial charge >= 0.3 is 0 Å². The molecule has 1 aromatic heterocycles. The van der Waals surface area contributed by atoms with Gasteiger partial charge in [0.15, 0.2) is 5.96 Å². The second-order valence-electron chi connectivity index (χ2n) is 5.40. The highest BCUT2D eigenvalue weighted by atomic mass is 32.2. The average molecular weight is 399 g/mol. The van der Waals surface area contributed by atoms with Gasteiger partial charge in [-0.25, -0.2) is 17.5 Å². The van der Waals surface area contributed by atoms with Crippen LogP contribution >= 0.6 is 11.3 Å². The van der Waals surface area contributed by atoms with Crippen LogP contribution < -0.4 is 15.4 Å². The molecule has 0 spiro atoms. The van der Waals surface area contributed by atoms with E-state index in [1.807, 2.05) is 13.0 Å². The number of hydrogen-bond donors (Lipinski definition) is 3. The Hall–Kier alpha value is -1.97. The van der Waals surface area contributed by atoms with Crippen LogP contribution in [0.25, 0.3) is 0 Å². The lowest BCUT2D eigenvalue weighted by Crippen LogP contribution is -2.39. The number of nitrogens with one attached hydrogen (secondary N) is 3. The molecule has 0 radical (unpaired) electrons.